The molecule has 96 valence electrons. The van der Waals surface area contributed by atoms with E-state index in [1.165, 1.54) is 15.8 Å². The first-order valence-corrected chi connectivity index (χ1v) is 6.55. The summed E-state index contributed by atoms with van der Waals surface area (Å²) in [6, 6.07) is 5.81. The monoisotopic (exact) mass is 267 g/mol. The number of rotatable bonds is 3. The summed E-state index contributed by atoms with van der Waals surface area (Å²) in [6.45, 7) is 4.06. The SMILES string of the molecule is Cc1cc(C(N)Cc2ccc(F)c(F)c2)c(C)s1. The van der Waals surface area contributed by atoms with E-state index in [1.54, 1.807) is 17.4 Å². The predicted molar refractivity (Wildman–Crippen MR) is 70.8 cm³/mol. The van der Waals surface area contributed by atoms with Crippen LogP contribution in [0.5, 0.6) is 0 Å². The van der Waals surface area contributed by atoms with Crippen molar-refractivity contribution >= 4 is 11.3 Å². The van der Waals surface area contributed by atoms with Crippen molar-refractivity contribution in [2.75, 3.05) is 0 Å². The molecule has 2 aromatic rings. The Morgan fingerprint density at radius 2 is 1.89 bits per heavy atom. The van der Waals surface area contributed by atoms with Gasteiger partial charge in [-0.05, 0) is 49.6 Å². The first-order valence-electron chi connectivity index (χ1n) is 5.74. The minimum atomic E-state index is -0.824. The molecule has 1 aromatic carbocycles. The molecule has 2 rings (SSSR count). The maximum absolute atomic E-state index is 13.1. The van der Waals surface area contributed by atoms with Gasteiger partial charge in [-0.1, -0.05) is 6.07 Å². The van der Waals surface area contributed by atoms with Crippen LogP contribution >= 0.6 is 11.3 Å². The molecule has 0 aliphatic rings. The third kappa shape index (κ3) is 2.76. The van der Waals surface area contributed by atoms with E-state index >= 15 is 0 Å². The molecule has 0 fully saturated rings. The molecule has 0 bridgehead atoms. The average molecular weight is 267 g/mol. The largest absolute Gasteiger partial charge is 0.324 e. The molecule has 4 heteroatoms. The summed E-state index contributed by atoms with van der Waals surface area (Å²) in [5.41, 5.74) is 7.92. The predicted octanol–water partition coefficient (Wildman–Crippen LogP) is 3.89. The second-order valence-electron chi connectivity index (χ2n) is 4.43. The molecule has 0 radical (unpaired) electrons. The van der Waals surface area contributed by atoms with Gasteiger partial charge in [0, 0.05) is 15.8 Å². The van der Waals surface area contributed by atoms with E-state index < -0.39 is 11.6 Å². The van der Waals surface area contributed by atoms with Crippen molar-refractivity contribution in [3.05, 3.63) is 56.8 Å². The van der Waals surface area contributed by atoms with Crippen molar-refractivity contribution in [1.82, 2.24) is 0 Å². The zero-order valence-electron chi connectivity index (χ0n) is 10.3. The van der Waals surface area contributed by atoms with Crippen molar-refractivity contribution in [2.24, 2.45) is 5.73 Å². The molecule has 2 N–H and O–H groups in total. The molecule has 1 nitrogen and oxygen atoms in total. The van der Waals surface area contributed by atoms with Crippen molar-refractivity contribution in [2.45, 2.75) is 26.3 Å². The maximum atomic E-state index is 13.1. The molecule has 0 saturated carbocycles. The second-order valence-corrected chi connectivity index (χ2v) is 5.89. The minimum Gasteiger partial charge on any atom is -0.324 e. The van der Waals surface area contributed by atoms with E-state index in [4.69, 9.17) is 5.73 Å². The van der Waals surface area contributed by atoms with Crippen molar-refractivity contribution in [3.63, 3.8) is 0 Å². The van der Waals surface area contributed by atoms with E-state index in [0.717, 1.165) is 11.6 Å². The highest BCUT2D eigenvalue weighted by atomic mass is 32.1. The molecular formula is C14H15F2NS. The number of thiophene rings is 1. The lowest BCUT2D eigenvalue weighted by Gasteiger charge is -2.11. The third-order valence-electron chi connectivity index (χ3n) is 2.92. The van der Waals surface area contributed by atoms with Crippen LogP contribution in [0.4, 0.5) is 8.78 Å². The fourth-order valence-electron chi connectivity index (χ4n) is 2.05. The Labute approximate surface area is 109 Å². The summed E-state index contributed by atoms with van der Waals surface area (Å²) < 4.78 is 25.9. The van der Waals surface area contributed by atoms with Gasteiger partial charge in [0.25, 0.3) is 0 Å². The second kappa shape index (κ2) is 5.16. The Hall–Kier alpha value is -1.26. The highest BCUT2D eigenvalue weighted by molar-refractivity contribution is 7.12. The standard InChI is InChI=1S/C14H15F2NS/c1-8-5-11(9(2)18-8)14(17)7-10-3-4-12(15)13(16)6-10/h3-6,14H,7,17H2,1-2H3. The summed E-state index contributed by atoms with van der Waals surface area (Å²) in [5.74, 6) is -1.65. The first kappa shape index (κ1) is 13.2. The van der Waals surface area contributed by atoms with Gasteiger partial charge in [0.05, 0.1) is 0 Å². The lowest BCUT2D eigenvalue weighted by atomic mass is 10.00. The van der Waals surface area contributed by atoms with Crippen LogP contribution < -0.4 is 5.73 Å². The van der Waals surface area contributed by atoms with Gasteiger partial charge in [0.1, 0.15) is 0 Å². The topological polar surface area (TPSA) is 26.0 Å². The summed E-state index contributed by atoms with van der Waals surface area (Å²) in [7, 11) is 0. The van der Waals surface area contributed by atoms with E-state index in [9.17, 15) is 8.78 Å². The van der Waals surface area contributed by atoms with Crippen LogP contribution in [0.25, 0.3) is 0 Å². The molecule has 0 amide bonds. The van der Waals surface area contributed by atoms with Crippen molar-refractivity contribution < 1.29 is 8.78 Å². The van der Waals surface area contributed by atoms with Gasteiger partial charge in [-0.15, -0.1) is 11.3 Å². The summed E-state index contributed by atoms with van der Waals surface area (Å²) in [6.07, 6.45) is 0.508. The Balaban J connectivity index is 2.18. The Morgan fingerprint density at radius 1 is 1.17 bits per heavy atom. The fourth-order valence-corrected chi connectivity index (χ4v) is 3.05. The van der Waals surface area contributed by atoms with Gasteiger partial charge in [-0.25, -0.2) is 8.78 Å². The van der Waals surface area contributed by atoms with Crippen molar-refractivity contribution in [1.29, 1.82) is 0 Å². The number of hydrogen-bond acceptors (Lipinski definition) is 2. The number of benzene rings is 1. The Morgan fingerprint density at radius 3 is 2.44 bits per heavy atom. The van der Waals surface area contributed by atoms with E-state index in [2.05, 4.69) is 6.07 Å². The number of halogens is 2. The smallest absolute Gasteiger partial charge is 0.159 e. The van der Waals surface area contributed by atoms with Crippen LogP contribution in [0.2, 0.25) is 0 Å². The quantitative estimate of drug-likeness (QED) is 0.897. The molecule has 0 spiro atoms. The highest BCUT2D eigenvalue weighted by Crippen LogP contribution is 2.27. The van der Waals surface area contributed by atoms with Gasteiger partial charge in [0.15, 0.2) is 11.6 Å². The zero-order chi connectivity index (χ0) is 13.3. The maximum Gasteiger partial charge on any atom is 0.159 e. The van der Waals surface area contributed by atoms with E-state index in [-0.39, 0.29) is 6.04 Å². The van der Waals surface area contributed by atoms with Crippen LogP contribution in [0.3, 0.4) is 0 Å². The van der Waals surface area contributed by atoms with Crippen LogP contribution in [0, 0.1) is 25.5 Å². The lowest BCUT2D eigenvalue weighted by Crippen LogP contribution is -2.13. The molecule has 1 aromatic heterocycles. The highest BCUT2D eigenvalue weighted by Gasteiger charge is 2.13. The molecule has 0 aliphatic carbocycles. The average Bonchev–Trinajstić information content (AvgIpc) is 2.63. The van der Waals surface area contributed by atoms with Gasteiger partial charge >= 0.3 is 0 Å². The summed E-state index contributed by atoms with van der Waals surface area (Å²) >= 11 is 1.70. The number of aryl methyl sites for hydroxylation is 2. The minimum absolute atomic E-state index is 0.181. The van der Waals surface area contributed by atoms with Crippen LogP contribution in [-0.4, -0.2) is 0 Å². The van der Waals surface area contributed by atoms with Crippen LogP contribution in [-0.2, 0) is 6.42 Å². The van der Waals surface area contributed by atoms with Gasteiger partial charge in [-0.3, -0.25) is 0 Å². The molecule has 18 heavy (non-hydrogen) atoms. The van der Waals surface area contributed by atoms with Crippen LogP contribution in [0.1, 0.15) is 26.9 Å². The van der Waals surface area contributed by atoms with Gasteiger partial charge in [-0.2, -0.15) is 0 Å². The summed E-state index contributed by atoms with van der Waals surface area (Å²) in [4.78, 5) is 2.39. The Kier molecular flexibility index (Phi) is 3.78. The number of nitrogens with two attached hydrogens (primary N) is 1. The molecule has 1 unspecified atom stereocenters. The molecule has 0 saturated heterocycles. The van der Waals surface area contributed by atoms with Gasteiger partial charge < -0.3 is 5.73 Å². The van der Waals surface area contributed by atoms with E-state index in [0.29, 0.717) is 12.0 Å². The lowest BCUT2D eigenvalue weighted by molar-refractivity contribution is 0.506. The Bertz CT molecular complexity index is 563. The van der Waals surface area contributed by atoms with Crippen LogP contribution in [0.15, 0.2) is 24.3 Å². The normalized spacial score (nSPS) is 12.7. The van der Waals surface area contributed by atoms with E-state index in [1.807, 2.05) is 13.8 Å². The zero-order valence-corrected chi connectivity index (χ0v) is 11.2. The number of hydrogen-bond donors (Lipinski definition) is 1. The third-order valence-corrected chi connectivity index (χ3v) is 3.90. The molecule has 1 heterocycles. The summed E-state index contributed by atoms with van der Waals surface area (Å²) in [5, 5.41) is 0. The fraction of sp³-hybridized carbons (Fsp3) is 0.286. The van der Waals surface area contributed by atoms with Gasteiger partial charge in [0.2, 0.25) is 0 Å². The molecular weight excluding hydrogens is 252 g/mol. The van der Waals surface area contributed by atoms with Crippen molar-refractivity contribution in [3.8, 4) is 0 Å². The molecule has 0 aliphatic heterocycles. The molecule has 1 atom stereocenters. The first-order chi connectivity index (χ1) is 8.47.